The zero-order valence-corrected chi connectivity index (χ0v) is 36.8. The number of hydrogen-bond acceptors (Lipinski definition) is 0. The van der Waals surface area contributed by atoms with Crippen LogP contribution in [0.25, 0.3) is 82.8 Å². The normalized spacial score (nSPS) is 14.2. The summed E-state index contributed by atoms with van der Waals surface area (Å²) in [7, 11) is 0. The summed E-state index contributed by atoms with van der Waals surface area (Å²) in [6, 6.07) is 95.1. The predicted octanol–water partition coefficient (Wildman–Crippen LogP) is 16.8. The summed E-state index contributed by atoms with van der Waals surface area (Å²) in [5.74, 6) is 0.155. The minimum Gasteiger partial charge on any atom is -0.309 e. The van der Waals surface area contributed by atoms with E-state index in [2.05, 4.69) is 259 Å². The fourth-order valence-corrected chi connectivity index (χ4v) is 12.2. The molecule has 1 nitrogen and oxygen atoms in total. The second-order valence-electron chi connectivity index (χ2n) is 18.3. The van der Waals surface area contributed by atoms with Crippen LogP contribution in [0.3, 0.4) is 0 Å². The Morgan fingerprint density at radius 3 is 1.76 bits per heavy atom. The molecule has 0 aliphatic heterocycles. The molecule has 0 fully saturated rings. The van der Waals surface area contributed by atoms with E-state index < -0.39 is 5.41 Å². The van der Waals surface area contributed by atoms with E-state index in [1.807, 2.05) is 0 Å². The van der Waals surface area contributed by atoms with Crippen LogP contribution < -0.4 is 0 Å². The van der Waals surface area contributed by atoms with E-state index in [1.54, 1.807) is 0 Å². The number of hydrogen-bond donors (Lipinski definition) is 0. The molecule has 14 rings (SSSR count). The average molecular weight is 850 g/mol. The number of rotatable bonds is 6. The Balaban J connectivity index is 1.02. The molecule has 0 radical (unpaired) electrons. The van der Waals surface area contributed by atoms with Crippen LogP contribution in [0.1, 0.15) is 44.9 Å². The van der Waals surface area contributed by atoms with Gasteiger partial charge in [-0.25, -0.2) is 0 Å². The first-order chi connectivity index (χ1) is 33.3. The molecule has 2 aliphatic rings. The van der Waals surface area contributed by atoms with E-state index in [0.717, 1.165) is 0 Å². The molecule has 0 bridgehead atoms. The lowest BCUT2D eigenvalue weighted by molar-refractivity contribution is 0.769. The molecule has 2 aliphatic carbocycles. The molecule has 0 saturated carbocycles. The highest BCUT2D eigenvalue weighted by Gasteiger charge is 2.47. The van der Waals surface area contributed by atoms with Gasteiger partial charge in [0.2, 0.25) is 0 Å². The summed E-state index contributed by atoms with van der Waals surface area (Å²) < 4.78 is 2.53. The second kappa shape index (κ2) is 14.8. The number of benzene rings is 11. The highest BCUT2D eigenvalue weighted by atomic mass is 15.0. The zero-order chi connectivity index (χ0) is 44.1. The van der Waals surface area contributed by atoms with Crippen molar-refractivity contribution in [2.75, 3.05) is 0 Å². The van der Waals surface area contributed by atoms with Gasteiger partial charge in [-0.2, -0.15) is 0 Å². The maximum absolute atomic E-state index is 2.53. The van der Waals surface area contributed by atoms with Crippen LogP contribution in [0.2, 0.25) is 0 Å². The molecule has 0 saturated heterocycles. The average Bonchev–Trinajstić information content (AvgIpc) is 4.03. The molecular formula is C66H43N. The van der Waals surface area contributed by atoms with Gasteiger partial charge >= 0.3 is 0 Å². The van der Waals surface area contributed by atoms with Gasteiger partial charge in [0.05, 0.1) is 22.1 Å². The van der Waals surface area contributed by atoms with Crippen molar-refractivity contribution >= 4 is 32.6 Å². The largest absolute Gasteiger partial charge is 0.309 e. The quantitative estimate of drug-likeness (QED) is 0.157. The Bertz CT molecular complexity index is 3870. The topological polar surface area (TPSA) is 4.93 Å². The molecule has 0 N–H and O–H groups in total. The van der Waals surface area contributed by atoms with Crippen molar-refractivity contribution in [1.82, 2.24) is 4.57 Å². The van der Waals surface area contributed by atoms with Crippen molar-refractivity contribution in [2.45, 2.75) is 11.3 Å². The molecule has 1 unspecified atom stereocenters. The Morgan fingerprint density at radius 2 is 0.940 bits per heavy atom. The van der Waals surface area contributed by atoms with Crippen LogP contribution in [0.4, 0.5) is 0 Å². The fourth-order valence-electron chi connectivity index (χ4n) is 12.2. The number of nitrogens with zero attached hydrogens (tertiary/aromatic N) is 1. The standard InChI is InChI=1S/C66H43N/c1-4-18-43(19-5-1)45-22-16-23-48(40-45)63-53-30-13-12-29-52(53)56-41-46(34-36-54(56)63)47-35-38-61-57(42-47)65-62(67(61)60-33-17-21-44-20-10-11-28-51(44)60)39-37-59-64(65)55-31-14-15-32-58(55)66(59,49-24-6-2-7-25-49)50-26-8-3-9-27-50/h1-42,63H. The van der Waals surface area contributed by atoms with Crippen molar-refractivity contribution in [2.24, 2.45) is 0 Å². The minimum atomic E-state index is -0.501. The summed E-state index contributed by atoms with van der Waals surface area (Å²) in [4.78, 5) is 0. The molecule has 67 heavy (non-hydrogen) atoms. The van der Waals surface area contributed by atoms with E-state index >= 15 is 0 Å². The fraction of sp³-hybridized carbons (Fsp3) is 0.0303. The Labute approximate surface area is 390 Å². The van der Waals surface area contributed by atoms with Crippen LogP contribution in [-0.2, 0) is 5.41 Å². The molecule has 1 heteroatoms. The molecule has 1 heterocycles. The van der Waals surface area contributed by atoms with Crippen molar-refractivity contribution in [1.29, 1.82) is 0 Å². The van der Waals surface area contributed by atoms with Gasteiger partial charge in [0, 0.05) is 22.1 Å². The predicted molar refractivity (Wildman–Crippen MR) is 279 cm³/mol. The summed E-state index contributed by atoms with van der Waals surface area (Å²) in [6.07, 6.45) is 0. The monoisotopic (exact) mass is 849 g/mol. The van der Waals surface area contributed by atoms with Crippen molar-refractivity contribution < 1.29 is 0 Å². The Morgan fingerprint density at radius 1 is 0.343 bits per heavy atom. The zero-order valence-electron chi connectivity index (χ0n) is 36.8. The lowest BCUT2D eigenvalue weighted by atomic mass is 9.67. The van der Waals surface area contributed by atoms with E-state index in [0.29, 0.717) is 0 Å². The third-order valence-electron chi connectivity index (χ3n) is 14.9. The molecular weight excluding hydrogens is 807 g/mol. The van der Waals surface area contributed by atoms with Gasteiger partial charge in [-0.1, -0.05) is 224 Å². The van der Waals surface area contributed by atoms with Gasteiger partial charge in [0.25, 0.3) is 0 Å². The van der Waals surface area contributed by atoms with Crippen LogP contribution in [0, 0.1) is 0 Å². The van der Waals surface area contributed by atoms with Crippen LogP contribution >= 0.6 is 0 Å². The summed E-state index contributed by atoms with van der Waals surface area (Å²) in [6.45, 7) is 0. The van der Waals surface area contributed by atoms with Crippen molar-refractivity contribution in [3.63, 3.8) is 0 Å². The van der Waals surface area contributed by atoms with Gasteiger partial charge in [-0.15, -0.1) is 0 Å². The first-order valence-electron chi connectivity index (χ1n) is 23.5. The first kappa shape index (κ1) is 37.8. The second-order valence-corrected chi connectivity index (χ2v) is 18.3. The third kappa shape index (κ3) is 5.49. The van der Waals surface area contributed by atoms with Gasteiger partial charge in [0.15, 0.2) is 0 Å². The van der Waals surface area contributed by atoms with Crippen LogP contribution in [-0.4, -0.2) is 4.57 Å². The van der Waals surface area contributed by atoms with E-state index in [4.69, 9.17) is 0 Å². The Hall–Kier alpha value is -8.52. The maximum Gasteiger partial charge on any atom is 0.0713 e. The lowest BCUT2D eigenvalue weighted by Gasteiger charge is -2.33. The maximum atomic E-state index is 2.53. The SMILES string of the molecule is c1ccc(-c2cccc(C3c4ccccc4-c4cc(-c5ccc6c(c5)c5c7c(ccc5n6-c5cccc6ccccc56)C(c5ccccc5)(c5ccccc5)c5ccccc5-7)ccc43)c2)cc1. The first-order valence-corrected chi connectivity index (χ1v) is 23.5. The summed E-state index contributed by atoms with van der Waals surface area (Å²) >= 11 is 0. The molecule has 1 aromatic heterocycles. The number of fused-ring (bicyclic) bond motifs is 11. The molecule has 1 atom stereocenters. The molecule has 312 valence electrons. The smallest absolute Gasteiger partial charge is 0.0713 e. The van der Waals surface area contributed by atoms with Crippen LogP contribution in [0.15, 0.2) is 255 Å². The van der Waals surface area contributed by atoms with Gasteiger partial charge in [0.1, 0.15) is 0 Å². The third-order valence-corrected chi connectivity index (χ3v) is 14.9. The van der Waals surface area contributed by atoms with Crippen molar-refractivity contribution in [3.8, 4) is 50.2 Å². The lowest BCUT2D eigenvalue weighted by Crippen LogP contribution is -2.28. The summed E-state index contributed by atoms with van der Waals surface area (Å²) in [5, 5.41) is 5.00. The highest BCUT2D eigenvalue weighted by molar-refractivity contribution is 6.19. The molecule has 0 amide bonds. The van der Waals surface area contributed by atoms with E-state index in [1.165, 1.54) is 122 Å². The molecule has 12 aromatic rings. The van der Waals surface area contributed by atoms with Gasteiger partial charge in [-0.05, 0) is 119 Å². The molecule has 11 aromatic carbocycles. The minimum absolute atomic E-state index is 0.155. The summed E-state index contributed by atoms with van der Waals surface area (Å²) in [5.41, 5.74) is 22.4. The highest BCUT2D eigenvalue weighted by Crippen LogP contribution is 2.59. The van der Waals surface area contributed by atoms with Crippen LogP contribution in [0.5, 0.6) is 0 Å². The van der Waals surface area contributed by atoms with E-state index in [9.17, 15) is 0 Å². The van der Waals surface area contributed by atoms with Gasteiger partial charge in [-0.3, -0.25) is 0 Å². The molecule has 0 spiro atoms. The van der Waals surface area contributed by atoms with E-state index in [-0.39, 0.29) is 5.92 Å². The van der Waals surface area contributed by atoms with Gasteiger partial charge < -0.3 is 4.57 Å². The van der Waals surface area contributed by atoms with Crippen molar-refractivity contribution in [3.05, 3.63) is 294 Å². The Kier molecular flexibility index (Phi) is 8.33. The number of aromatic nitrogens is 1.